The molecule has 0 fully saturated rings. The summed E-state index contributed by atoms with van der Waals surface area (Å²) in [7, 11) is 0. The Bertz CT molecular complexity index is 1900. The van der Waals surface area contributed by atoms with Gasteiger partial charge in [-0.3, -0.25) is 9.59 Å². The minimum Gasteiger partial charge on any atom is -0.494 e. The predicted octanol–water partition coefficient (Wildman–Crippen LogP) is 8.29. The average molecular weight is 841 g/mol. The zero-order valence-corrected chi connectivity index (χ0v) is 36.3. The van der Waals surface area contributed by atoms with Crippen LogP contribution in [0.15, 0.2) is 91.0 Å². The molecule has 0 unspecified atom stereocenters. The van der Waals surface area contributed by atoms with Crippen molar-refractivity contribution in [1.29, 1.82) is 0 Å². The molecule has 0 radical (unpaired) electrons. The standard InChI is InChI=1S/C49H60O12/c1-8-9-10-11-14-38-17-19-39(20-18-38)15-12-27-56-43-24-21-40(22-25-43)41-23-26-44(42(29-41)16-13-28-57-45(52)34(2)3)58-30-49(31-59-46(53)35(4)5,32-60-47(54)36(6)50)33-61-48(55)37(7)51/h17-26,29H,2,4,8-16,27-28,30-33H2,1,3,5-7H3. The van der Waals surface area contributed by atoms with E-state index in [-0.39, 0.29) is 24.4 Å². The van der Waals surface area contributed by atoms with Crippen molar-refractivity contribution >= 4 is 35.4 Å². The van der Waals surface area contributed by atoms with Crippen molar-refractivity contribution in [3.05, 3.63) is 108 Å². The second-order valence-corrected chi connectivity index (χ2v) is 15.4. The summed E-state index contributed by atoms with van der Waals surface area (Å²) in [5, 5.41) is 0. The molecule has 0 spiro atoms. The van der Waals surface area contributed by atoms with E-state index in [0.717, 1.165) is 50.0 Å². The number of Topliss-reactive ketones (excluding diaryl/α,β-unsaturated/α-hetero) is 2. The van der Waals surface area contributed by atoms with Crippen LogP contribution < -0.4 is 9.47 Å². The summed E-state index contributed by atoms with van der Waals surface area (Å²) in [6, 6.07) is 22.1. The number of benzene rings is 3. The summed E-state index contributed by atoms with van der Waals surface area (Å²) < 4.78 is 33.6. The summed E-state index contributed by atoms with van der Waals surface area (Å²) in [6.45, 7) is 13.1. The van der Waals surface area contributed by atoms with Crippen LogP contribution in [0.3, 0.4) is 0 Å². The Morgan fingerprint density at radius 3 is 1.56 bits per heavy atom. The van der Waals surface area contributed by atoms with E-state index in [1.54, 1.807) is 13.0 Å². The Balaban J connectivity index is 1.80. The SMILES string of the molecule is C=C(C)C(=O)OCCCc1cc(-c2ccc(OCCCc3ccc(CCCCCC)cc3)cc2)ccc1OCC(COC(=O)C(=C)C)(COC(=O)C(C)=O)COC(=O)C(C)=O. The lowest BCUT2D eigenvalue weighted by Gasteiger charge is -2.32. The lowest BCUT2D eigenvalue weighted by Crippen LogP contribution is -2.45. The quantitative estimate of drug-likeness (QED) is 0.0227. The molecule has 12 heteroatoms. The van der Waals surface area contributed by atoms with Gasteiger partial charge in [-0.2, -0.15) is 0 Å². The Labute approximate surface area is 359 Å². The van der Waals surface area contributed by atoms with Gasteiger partial charge in [-0.15, -0.1) is 0 Å². The van der Waals surface area contributed by atoms with Gasteiger partial charge in [0.05, 0.1) is 13.2 Å². The molecule has 12 nitrogen and oxygen atoms in total. The highest BCUT2D eigenvalue weighted by molar-refractivity contribution is 6.32. The number of aryl methyl sites for hydroxylation is 3. The molecule has 0 saturated heterocycles. The molecule has 0 aliphatic heterocycles. The summed E-state index contributed by atoms with van der Waals surface area (Å²) >= 11 is 0. The maximum absolute atomic E-state index is 12.5. The molecule has 0 bridgehead atoms. The highest BCUT2D eigenvalue weighted by Crippen LogP contribution is 2.31. The van der Waals surface area contributed by atoms with E-state index in [1.165, 1.54) is 43.7 Å². The molecule has 328 valence electrons. The maximum atomic E-state index is 12.5. The van der Waals surface area contributed by atoms with Crippen LogP contribution in [0.5, 0.6) is 11.5 Å². The zero-order chi connectivity index (χ0) is 44.8. The van der Waals surface area contributed by atoms with Crippen molar-refractivity contribution in [2.75, 3.05) is 39.6 Å². The normalized spacial score (nSPS) is 10.9. The molecule has 3 aromatic rings. The minimum absolute atomic E-state index is 0.0748. The fourth-order valence-corrected chi connectivity index (χ4v) is 5.95. The highest BCUT2D eigenvalue weighted by atomic mass is 16.6. The number of rotatable bonds is 28. The van der Waals surface area contributed by atoms with Gasteiger partial charge >= 0.3 is 23.9 Å². The third-order valence-corrected chi connectivity index (χ3v) is 9.63. The van der Waals surface area contributed by atoms with Crippen LogP contribution in [-0.4, -0.2) is 75.1 Å². The van der Waals surface area contributed by atoms with E-state index in [0.29, 0.717) is 30.8 Å². The molecule has 3 aromatic carbocycles. The monoisotopic (exact) mass is 840 g/mol. The molecule has 0 N–H and O–H groups in total. The van der Waals surface area contributed by atoms with E-state index < -0.39 is 60.7 Å². The second-order valence-electron chi connectivity index (χ2n) is 15.4. The minimum atomic E-state index is -1.57. The first-order valence-electron chi connectivity index (χ1n) is 20.7. The first-order chi connectivity index (χ1) is 29.1. The first-order valence-corrected chi connectivity index (χ1v) is 20.7. The summed E-state index contributed by atoms with van der Waals surface area (Å²) in [6.07, 6.45) is 8.76. The summed E-state index contributed by atoms with van der Waals surface area (Å²) in [4.78, 5) is 72.5. The number of ketones is 2. The Morgan fingerprint density at radius 2 is 1.02 bits per heavy atom. The number of ether oxygens (including phenoxy) is 6. The van der Waals surface area contributed by atoms with Crippen LogP contribution in [0.25, 0.3) is 11.1 Å². The van der Waals surface area contributed by atoms with Crippen LogP contribution in [0.4, 0.5) is 0 Å². The number of esters is 4. The van der Waals surface area contributed by atoms with Crippen LogP contribution in [0, 0.1) is 5.41 Å². The molecule has 0 atom stereocenters. The fraction of sp³-hybridized carbons (Fsp3) is 0.429. The Morgan fingerprint density at radius 1 is 0.508 bits per heavy atom. The molecule has 0 aromatic heterocycles. The lowest BCUT2D eigenvalue weighted by molar-refractivity contribution is -0.168. The van der Waals surface area contributed by atoms with Crippen molar-refractivity contribution in [2.45, 2.75) is 92.4 Å². The average Bonchev–Trinajstić information content (AvgIpc) is 3.25. The van der Waals surface area contributed by atoms with Gasteiger partial charge < -0.3 is 28.4 Å². The van der Waals surface area contributed by atoms with E-state index in [2.05, 4.69) is 44.3 Å². The largest absolute Gasteiger partial charge is 0.494 e. The van der Waals surface area contributed by atoms with Crippen molar-refractivity contribution in [3.63, 3.8) is 0 Å². The van der Waals surface area contributed by atoms with Gasteiger partial charge in [-0.1, -0.05) is 81.8 Å². The molecule has 0 heterocycles. The van der Waals surface area contributed by atoms with Crippen molar-refractivity contribution in [3.8, 4) is 22.6 Å². The maximum Gasteiger partial charge on any atom is 0.374 e. The van der Waals surface area contributed by atoms with E-state index in [4.69, 9.17) is 28.4 Å². The van der Waals surface area contributed by atoms with Gasteiger partial charge in [-0.05, 0) is 104 Å². The Hall–Kier alpha value is -6.04. The van der Waals surface area contributed by atoms with Crippen molar-refractivity contribution < 1.29 is 57.2 Å². The molecule has 0 aliphatic carbocycles. The molecular formula is C49H60O12. The third-order valence-electron chi connectivity index (χ3n) is 9.63. The highest BCUT2D eigenvalue weighted by Gasteiger charge is 2.38. The van der Waals surface area contributed by atoms with Crippen molar-refractivity contribution in [1.82, 2.24) is 0 Å². The van der Waals surface area contributed by atoms with Gasteiger partial charge in [0.1, 0.15) is 43.3 Å². The molecule has 0 amide bonds. The van der Waals surface area contributed by atoms with Crippen LogP contribution in [0.2, 0.25) is 0 Å². The summed E-state index contributed by atoms with van der Waals surface area (Å²) in [5.41, 5.74) is 3.92. The first kappa shape index (κ1) is 49.3. The molecule has 0 aliphatic rings. The topological polar surface area (TPSA) is 158 Å². The number of unbranched alkanes of at least 4 members (excludes halogenated alkanes) is 3. The van der Waals surface area contributed by atoms with E-state index in [9.17, 15) is 28.8 Å². The zero-order valence-electron chi connectivity index (χ0n) is 36.3. The van der Waals surface area contributed by atoms with Gasteiger partial charge in [0.25, 0.3) is 0 Å². The fourth-order valence-electron chi connectivity index (χ4n) is 5.95. The summed E-state index contributed by atoms with van der Waals surface area (Å²) in [5.74, 6) is -4.29. The number of hydrogen-bond acceptors (Lipinski definition) is 12. The third kappa shape index (κ3) is 17.6. The van der Waals surface area contributed by atoms with Crippen LogP contribution in [-0.2, 0) is 67.0 Å². The Kier molecular flexibility index (Phi) is 20.7. The number of carbonyl (C=O) groups is 6. The molecular weight excluding hydrogens is 781 g/mol. The van der Waals surface area contributed by atoms with Gasteiger partial charge in [0.2, 0.25) is 11.6 Å². The molecule has 61 heavy (non-hydrogen) atoms. The molecule has 0 saturated carbocycles. The smallest absolute Gasteiger partial charge is 0.374 e. The van der Waals surface area contributed by atoms with E-state index >= 15 is 0 Å². The van der Waals surface area contributed by atoms with Gasteiger partial charge in [0.15, 0.2) is 0 Å². The van der Waals surface area contributed by atoms with Crippen molar-refractivity contribution in [2.24, 2.45) is 5.41 Å². The van der Waals surface area contributed by atoms with E-state index in [1.807, 2.05) is 36.4 Å². The van der Waals surface area contributed by atoms with Crippen LogP contribution in [0.1, 0.15) is 89.8 Å². The predicted molar refractivity (Wildman–Crippen MR) is 231 cm³/mol. The number of hydrogen-bond donors (Lipinski definition) is 0. The van der Waals surface area contributed by atoms with Crippen LogP contribution >= 0.6 is 0 Å². The second kappa shape index (κ2) is 25.6. The lowest BCUT2D eigenvalue weighted by atomic mass is 9.91. The number of carbonyl (C=O) groups excluding carboxylic acids is 6. The van der Waals surface area contributed by atoms with Gasteiger partial charge in [0, 0.05) is 25.0 Å². The molecule has 3 rings (SSSR count). The van der Waals surface area contributed by atoms with Gasteiger partial charge in [-0.25, -0.2) is 19.2 Å².